The van der Waals surface area contributed by atoms with Gasteiger partial charge in [0, 0.05) is 23.5 Å². The van der Waals surface area contributed by atoms with Crippen LogP contribution in [0.4, 0.5) is 0 Å². The number of nitrogens with zero attached hydrogens (tertiary/aromatic N) is 1. The predicted molar refractivity (Wildman–Crippen MR) is 116 cm³/mol. The number of aromatic nitrogens is 1. The van der Waals surface area contributed by atoms with Crippen LogP contribution in [-0.2, 0) is 24.1 Å². The van der Waals surface area contributed by atoms with Gasteiger partial charge in [0.05, 0.1) is 18.2 Å². The van der Waals surface area contributed by atoms with Crippen LogP contribution in [0.1, 0.15) is 44.6 Å². The largest absolute Gasteiger partial charge is 0.508 e. The molecule has 0 aliphatic carbocycles. The lowest BCUT2D eigenvalue weighted by Gasteiger charge is -2.12. The lowest BCUT2D eigenvalue weighted by atomic mass is 9.98. The van der Waals surface area contributed by atoms with E-state index in [-0.39, 0.29) is 5.75 Å². The number of aryl methyl sites for hydroxylation is 1. The van der Waals surface area contributed by atoms with Crippen molar-refractivity contribution in [3.05, 3.63) is 76.6 Å². The van der Waals surface area contributed by atoms with E-state index in [1.165, 1.54) is 7.11 Å². The van der Waals surface area contributed by atoms with Gasteiger partial charge in [0.15, 0.2) is 0 Å². The Hall–Kier alpha value is -3.54. The Morgan fingerprint density at radius 3 is 2.23 bits per heavy atom. The summed E-state index contributed by atoms with van der Waals surface area (Å²) in [5, 5.41) is 9.48. The highest BCUT2D eigenvalue weighted by molar-refractivity contribution is 6.02. The molecule has 0 unspecified atom stereocenters. The molecule has 1 amide bonds. The number of nitrogens with two attached hydrogens (primary N) is 1. The highest BCUT2D eigenvalue weighted by atomic mass is 16.5. The number of hydrogen-bond acceptors (Lipinski definition) is 4. The molecule has 156 valence electrons. The van der Waals surface area contributed by atoms with Crippen molar-refractivity contribution in [3.63, 3.8) is 0 Å². The SMILES string of the molecule is CCc1c(-c2ccc(C(=O)OC)cc2)c(C(N)=O)c(C)n1CCc1ccc(O)cc1. The number of ether oxygens (including phenoxy) is 1. The molecule has 6 heteroatoms. The van der Waals surface area contributed by atoms with Crippen molar-refractivity contribution in [3.8, 4) is 16.9 Å². The minimum absolute atomic E-state index is 0.235. The van der Waals surface area contributed by atoms with Crippen LogP contribution < -0.4 is 5.73 Å². The smallest absolute Gasteiger partial charge is 0.337 e. The zero-order valence-electron chi connectivity index (χ0n) is 17.4. The van der Waals surface area contributed by atoms with E-state index in [1.54, 1.807) is 24.3 Å². The Labute approximate surface area is 175 Å². The Bertz CT molecular complexity index is 1060. The fourth-order valence-corrected chi connectivity index (χ4v) is 3.87. The Morgan fingerprint density at radius 1 is 1.07 bits per heavy atom. The lowest BCUT2D eigenvalue weighted by molar-refractivity contribution is 0.0600. The molecule has 0 spiro atoms. The molecule has 3 rings (SSSR count). The molecule has 0 bridgehead atoms. The third kappa shape index (κ3) is 4.08. The second kappa shape index (κ2) is 8.86. The number of esters is 1. The van der Waals surface area contributed by atoms with Crippen LogP contribution in [0.3, 0.4) is 0 Å². The normalized spacial score (nSPS) is 10.8. The highest BCUT2D eigenvalue weighted by Crippen LogP contribution is 2.33. The van der Waals surface area contributed by atoms with Gasteiger partial charge in [-0.2, -0.15) is 0 Å². The first-order chi connectivity index (χ1) is 14.4. The minimum Gasteiger partial charge on any atom is -0.508 e. The summed E-state index contributed by atoms with van der Waals surface area (Å²) >= 11 is 0. The van der Waals surface area contributed by atoms with E-state index in [4.69, 9.17) is 10.5 Å². The Balaban J connectivity index is 2.04. The Morgan fingerprint density at radius 2 is 1.70 bits per heavy atom. The number of carbonyl (C=O) groups is 2. The van der Waals surface area contributed by atoms with Gasteiger partial charge in [0.2, 0.25) is 0 Å². The molecule has 1 heterocycles. The molecule has 30 heavy (non-hydrogen) atoms. The summed E-state index contributed by atoms with van der Waals surface area (Å²) in [5.74, 6) is -0.647. The molecule has 0 atom stereocenters. The van der Waals surface area contributed by atoms with E-state index in [0.29, 0.717) is 17.7 Å². The number of methoxy groups -OCH3 is 1. The van der Waals surface area contributed by atoms with E-state index in [9.17, 15) is 14.7 Å². The first kappa shape index (κ1) is 21.2. The highest BCUT2D eigenvalue weighted by Gasteiger charge is 2.24. The van der Waals surface area contributed by atoms with E-state index in [2.05, 4.69) is 4.57 Å². The van der Waals surface area contributed by atoms with Crippen molar-refractivity contribution >= 4 is 11.9 Å². The maximum atomic E-state index is 12.3. The molecule has 2 aromatic carbocycles. The molecule has 3 aromatic rings. The molecule has 0 aliphatic rings. The van der Waals surface area contributed by atoms with Crippen molar-refractivity contribution in [1.29, 1.82) is 0 Å². The van der Waals surface area contributed by atoms with Crippen molar-refractivity contribution in [2.75, 3.05) is 7.11 Å². The Kier molecular flexibility index (Phi) is 6.26. The van der Waals surface area contributed by atoms with Gasteiger partial charge in [-0.15, -0.1) is 0 Å². The van der Waals surface area contributed by atoms with Crippen molar-refractivity contribution in [2.45, 2.75) is 33.2 Å². The van der Waals surface area contributed by atoms with E-state index in [1.807, 2.05) is 38.1 Å². The number of aromatic hydroxyl groups is 1. The summed E-state index contributed by atoms with van der Waals surface area (Å²) in [4.78, 5) is 24.1. The second-order valence-electron chi connectivity index (χ2n) is 7.14. The van der Waals surface area contributed by atoms with E-state index in [0.717, 1.165) is 40.9 Å². The fraction of sp³-hybridized carbons (Fsp3) is 0.250. The van der Waals surface area contributed by atoms with Gasteiger partial charge in [-0.25, -0.2) is 4.79 Å². The van der Waals surface area contributed by atoms with Gasteiger partial charge < -0.3 is 20.1 Å². The quantitative estimate of drug-likeness (QED) is 0.583. The molecule has 3 N–H and O–H groups in total. The summed E-state index contributed by atoms with van der Waals surface area (Å²) < 4.78 is 6.90. The molecule has 0 radical (unpaired) electrons. The molecule has 1 aromatic heterocycles. The molecule has 0 saturated carbocycles. The van der Waals surface area contributed by atoms with Crippen molar-refractivity contribution in [2.24, 2.45) is 5.73 Å². The van der Waals surface area contributed by atoms with Crippen molar-refractivity contribution < 1.29 is 19.4 Å². The number of amides is 1. The summed E-state index contributed by atoms with van der Waals surface area (Å²) in [7, 11) is 1.34. The molecule has 0 aliphatic heterocycles. The van der Waals surface area contributed by atoms with Crippen molar-refractivity contribution in [1.82, 2.24) is 4.57 Å². The minimum atomic E-state index is -0.474. The monoisotopic (exact) mass is 406 g/mol. The molecular weight excluding hydrogens is 380 g/mol. The molecular formula is C24H26N2O4. The topological polar surface area (TPSA) is 94.5 Å². The van der Waals surface area contributed by atoms with Crippen LogP contribution in [0.2, 0.25) is 0 Å². The van der Waals surface area contributed by atoms with Gasteiger partial charge in [-0.05, 0) is 55.2 Å². The molecule has 0 saturated heterocycles. The average molecular weight is 406 g/mol. The van der Waals surface area contributed by atoms with E-state index < -0.39 is 11.9 Å². The van der Waals surface area contributed by atoms with Gasteiger partial charge in [0.25, 0.3) is 5.91 Å². The number of primary amides is 1. The van der Waals surface area contributed by atoms with Crippen LogP contribution in [0.25, 0.3) is 11.1 Å². The maximum Gasteiger partial charge on any atom is 0.337 e. The number of carbonyl (C=O) groups excluding carboxylic acids is 2. The van der Waals surface area contributed by atoms with Crippen LogP contribution in [0.15, 0.2) is 48.5 Å². The molecule has 6 nitrogen and oxygen atoms in total. The number of benzene rings is 2. The first-order valence-corrected chi connectivity index (χ1v) is 9.85. The summed E-state index contributed by atoms with van der Waals surface area (Å²) in [6.45, 7) is 4.63. The number of rotatable bonds is 7. The third-order valence-electron chi connectivity index (χ3n) is 5.37. The number of phenolic OH excluding ortho intramolecular Hbond substituents is 1. The van der Waals surface area contributed by atoms with E-state index >= 15 is 0 Å². The van der Waals surface area contributed by atoms with Gasteiger partial charge in [-0.1, -0.05) is 31.2 Å². The average Bonchev–Trinajstić information content (AvgIpc) is 3.04. The van der Waals surface area contributed by atoms with Gasteiger partial charge in [0.1, 0.15) is 5.75 Å². The van der Waals surface area contributed by atoms with Crippen LogP contribution in [-0.4, -0.2) is 28.7 Å². The second-order valence-corrected chi connectivity index (χ2v) is 7.14. The zero-order valence-corrected chi connectivity index (χ0v) is 17.4. The standard InChI is InChI=1S/C24H26N2O4/c1-4-20-22(17-7-9-18(10-8-17)24(29)30-3)21(23(25)28)15(2)26(20)14-13-16-5-11-19(27)12-6-16/h5-12,27H,4,13-14H2,1-3H3,(H2,25,28). The summed E-state index contributed by atoms with van der Waals surface area (Å²) in [6, 6.07) is 14.1. The lowest BCUT2D eigenvalue weighted by Crippen LogP contribution is -2.14. The number of phenols is 1. The van der Waals surface area contributed by atoms with Gasteiger partial charge >= 0.3 is 5.97 Å². The third-order valence-corrected chi connectivity index (χ3v) is 5.37. The predicted octanol–water partition coefficient (Wildman–Crippen LogP) is 3.86. The first-order valence-electron chi connectivity index (χ1n) is 9.85. The van der Waals surface area contributed by atoms with Crippen LogP contribution in [0, 0.1) is 6.92 Å². The van der Waals surface area contributed by atoms with Crippen LogP contribution in [0.5, 0.6) is 5.75 Å². The summed E-state index contributed by atoms with van der Waals surface area (Å²) in [5.41, 5.74) is 11.3. The fourth-order valence-electron chi connectivity index (χ4n) is 3.87. The van der Waals surface area contributed by atoms with Crippen LogP contribution >= 0.6 is 0 Å². The summed E-state index contributed by atoms with van der Waals surface area (Å²) in [6.07, 6.45) is 1.47. The maximum absolute atomic E-state index is 12.3. The molecule has 0 fully saturated rings. The van der Waals surface area contributed by atoms with Gasteiger partial charge in [-0.3, -0.25) is 4.79 Å². The zero-order chi connectivity index (χ0) is 21.8. The number of hydrogen-bond donors (Lipinski definition) is 2.